The van der Waals surface area contributed by atoms with E-state index in [0.29, 0.717) is 28.5 Å². The molecular weight excluding hydrogens is 969 g/mol. The minimum Gasteiger partial charge on any atom is -0.508 e. The minimum absolute atomic E-state index is 0.00367. The number of aromatic hydroxyl groups is 1. The van der Waals surface area contributed by atoms with Gasteiger partial charge in [0.05, 0.1) is 25.5 Å². The first-order chi connectivity index (χ1) is 34.8. The monoisotopic (exact) mass is 1040 g/mol. The van der Waals surface area contributed by atoms with Gasteiger partial charge in [-0.1, -0.05) is 64.4 Å². The molecule has 0 bridgehead atoms. The molecule has 0 unspecified atom stereocenters. The fraction of sp³-hybridized carbons (Fsp3) is 0.479. The molecule has 3 aromatic rings. The molecule has 0 aliphatic carbocycles. The van der Waals surface area contributed by atoms with Crippen LogP contribution in [0.2, 0.25) is 0 Å². The number of hydrogen-bond acceptors (Lipinski definition) is 14. The average molecular weight is 1040 g/mol. The number of benzene rings is 2. The van der Waals surface area contributed by atoms with Crippen LogP contribution in [-0.4, -0.2) is 140 Å². The Morgan fingerprint density at radius 3 is 1.66 bits per heavy atom. The van der Waals surface area contributed by atoms with E-state index in [2.05, 4.69) is 42.2 Å². The number of hydrogen-bond donors (Lipinski definition) is 15. The summed E-state index contributed by atoms with van der Waals surface area (Å²) in [6.07, 6.45) is -0.751. The number of amides is 10. The van der Waals surface area contributed by atoms with Gasteiger partial charge in [0.15, 0.2) is 0 Å². The van der Waals surface area contributed by atoms with E-state index >= 15 is 0 Å². The van der Waals surface area contributed by atoms with Crippen molar-refractivity contribution in [2.45, 2.75) is 127 Å². The maximum absolute atomic E-state index is 14.5. The van der Waals surface area contributed by atoms with E-state index in [9.17, 15) is 68.1 Å². The Morgan fingerprint density at radius 2 is 1.11 bits per heavy atom. The smallest absolute Gasteiger partial charge is 0.326 e. The molecule has 26 nitrogen and oxygen atoms in total. The van der Waals surface area contributed by atoms with E-state index in [1.54, 1.807) is 58.2 Å². The predicted molar refractivity (Wildman–Crippen MR) is 265 cm³/mol. The van der Waals surface area contributed by atoms with Crippen molar-refractivity contribution >= 4 is 75.9 Å². The number of aliphatic hydroxyl groups is 1. The summed E-state index contributed by atoms with van der Waals surface area (Å²) in [6, 6.07) is 0.0745. The molecule has 1 heterocycles. The van der Waals surface area contributed by atoms with Gasteiger partial charge in [0.2, 0.25) is 59.1 Å². The second kappa shape index (κ2) is 28.8. The normalized spacial score (nSPS) is 14.8. The highest BCUT2D eigenvalue weighted by Crippen LogP contribution is 2.20. The third kappa shape index (κ3) is 19.1. The van der Waals surface area contributed by atoms with Crippen molar-refractivity contribution in [3.8, 4) is 5.75 Å². The molecule has 0 spiro atoms. The van der Waals surface area contributed by atoms with Crippen LogP contribution in [0.3, 0.4) is 0 Å². The molecule has 9 atom stereocenters. The number of aromatic amines is 1. The number of fused-ring (bicyclic) bond motifs is 1. The summed E-state index contributed by atoms with van der Waals surface area (Å²) in [5, 5.41) is 47.9. The van der Waals surface area contributed by atoms with Crippen LogP contribution in [0.15, 0.2) is 54.7 Å². The van der Waals surface area contributed by atoms with Crippen molar-refractivity contribution in [2.24, 2.45) is 34.8 Å². The number of phenols is 1. The fourth-order valence-corrected chi connectivity index (χ4v) is 7.56. The first kappa shape index (κ1) is 60.2. The van der Waals surface area contributed by atoms with Gasteiger partial charge in [-0.3, -0.25) is 47.9 Å². The molecule has 0 saturated heterocycles. The zero-order chi connectivity index (χ0) is 55.4. The second-order valence-electron chi connectivity index (χ2n) is 18.3. The van der Waals surface area contributed by atoms with Crippen LogP contribution < -0.4 is 60.2 Å². The van der Waals surface area contributed by atoms with Crippen molar-refractivity contribution < 1.29 is 68.1 Å². The number of carbonyl (C=O) groups is 11. The lowest BCUT2D eigenvalue weighted by Crippen LogP contribution is -2.61. The van der Waals surface area contributed by atoms with Gasteiger partial charge in [0, 0.05) is 36.4 Å². The summed E-state index contributed by atoms with van der Waals surface area (Å²) in [7, 11) is 0. The maximum atomic E-state index is 14.5. The lowest BCUT2D eigenvalue weighted by atomic mass is 9.96. The van der Waals surface area contributed by atoms with Crippen LogP contribution in [0.5, 0.6) is 5.75 Å². The number of carboxylic acids is 1. The van der Waals surface area contributed by atoms with Gasteiger partial charge in [-0.2, -0.15) is 0 Å². The number of para-hydroxylation sites is 1. The molecule has 1 aromatic heterocycles. The number of phenolic OH excluding ortho intramolecular Hbond substituents is 1. The molecule has 3 rings (SSSR count). The highest BCUT2D eigenvalue weighted by molar-refractivity contribution is 5.99. The summed E-state index contributed by atoms with van der Waals surface area (Å²) in [5.74, 6) is -12.2. The molecule has 0 saturated carbocycles. The molecule has 0 aliphatic rings. The first-order valence-electron chi connectivity index (χ1n) is 23.7. The number of aliphatic hydroxyl groups excluding tert-OH is 1. The molecule has 404 valence electrons. The summed E-state index contributed by atoms with van der Waals surface area (Å²) >= 11 is 0. The van der Waals surface area contributed by atoms with Crippen molar-refractivity contribution in [1.82, 2.24) is 42.2 Å². The van der Waals surface area contributed by atoms with Gasteiger partial charge in [-0.25, -0.2) is 4.79 Å². The van der Waals surface area contributed by atoms with Crippen LogP contribution in [0.4, 0.5) is 0 Å². The lowest BCUT2D eigenvalue weighted by molar-refractivity contribution is -0.144. The van der Waals surface area contributed by atoms with Crippen LogP contribution in [0.25, 0.3) is 10.9 Å². The molecular formula is C48H68N12O14. The predicted octanol–water partition coefficient (Wildman–Crippen LogP) is -3.44. The Labute approximate surface area is 425 Å². The van der Waals surface area contributed by atoms with Gasteiger partial charge in [-0.05, 0) is 54.0 Å². The second-order valence-corrected chi connectivity index (χ2v) is 18.3. The van der Waals surface area contributed by atoms with Crippen LogP contribution in [-0.2, 0) is 65.6 Å². The van der Waals surface area contributed by atoms with E-state index < -0.39 is 145 Å². The number of carbonyl (C=O) groups excluding carboxylic acids is 10. The Morgan fingerprint density at radius 1 is 0.595 bits per heavy atom. The van der Waals surface area contributed by atoms with Crippen LogP contribution >= 0.6 is 0 Å². The molecule has 0 radical (unpaired) electrons. The van der Waals surface area contributed by atoms with E-state index in [1.807, 2.05) is 0 Å². The van der Waals surface area contributed by atoms with Gasteiger partial charge in [-0.15, -0.1) is 0 Å². The van der Waals surface area contributed by atoms with E-state index in [-0.39, 0.29) is 37.4 Å². The quantitative estimate of drug-likeness (QED) is 0.0298. The van der Waals surface area contributed by atoms with E-state index in [1.165, 1.54) is 24.3 Å². The summed E-state index contributed by atoms with van der Waals surface area (Å²) in [4.78, 5) is 147. The number of rotatable bonds is 31. The number of aliphatic carboxylic acids is 1. The number of aromatic nitrogens is 1. The van der Waals surface area contributed by atoms with Crippen molar-refractivity contribution in [3.63, 3.8) is 0 Å². The van der Waals surface area contributed by atoms with Crippen molar-refractivity contribution in [3.05, 3.63) is 65.9 Å². The zero-order valence-electron chi connectivity index (χ0n) is 41.5. The third-order valence-corrected chi connectivity index (χ3v) is 11.8. The highest BCUT2D eigenvalue weighted by Gasteiger charge is 2.36. The standard InChI is InChI=1S/C48H68N12O14/c1-5-24(4)40(47(72)58-35(48(73)74)20-39(52)65)60-45(70)32(16-23(2)3)55-44(69)34(18-26-21-53-30-9-7-6-8-28(26)30)57-46(71)36(22-61)59-43(68)33(17-25-10-12-27(62)13-11-25)56-42(67)31(14-15-37(50)63)54-41(66)29(49)19-38(51)64/h6-13,21,23-24,29,31-36,40,53,61-62H,5,14-20,22,49H2,1-4H3,(H2,50,63)(H2,51,64)(H2,52,65)(H,54,66)(H,55,69)(H,56,67)(H,57,71)(H,58,72)(H,59,68)(H,60,70)(H,73,74)/t24-,29-,31-,32-,33-,34-,35-,36-,40-/m0/s1. The summed E-state index contributed by atoms with van der Waals surface area (Å²) in [5.41, 5.74) is 23.0. The molecule has 10 amide bonds. The minimum atomic E-state index is -1.81. The van der Waals surface area contributed by atoms with E-state index in [0.717, 1.165) is 0 Å². The van der Waals surface area contributed by atoms with Crippen molar-refractivity contribution in [1.29, 1.82) is 0 Å². The third-order valence-electron chi connectivity index (χ3n) is 11.8. The van der Waals surface area contributed by atoms with Crippen LogP contribution in [0.1, 0.15) is 77.3 Å². The van der Waals surface area contributed by atoms with E-state index in [4.69, 9.17) is 22.9 Å². The summed E-state index contributed by atoms with van der Waals surface area (Å²) in [6.45, 7) is 5.78. The topological polar surface area (TPSA) is 453 Å². The Balaban J connectivity index is 1.98. The average Bonchev–Trinajstić information content (AvgIpc) is 3.74. The van der Waals surface area contributed by atoms with Gasteiger partial charge in [0.25, 0.3) is 0 Å². The molecule has 26 heteroatoms. The highest BCUT2D eigenvalue weighted by atomic mass is 16.4. The number of H-pyrrole nitrogens is 1. The molecule has 2 aromatic carbocycles. The number of nitrogens with one attached hydrogen (secondary N) is 8. The van der Waals surface area contributed by atoms with Crippen LogP contribution in [0, 0.1) is 11.8 Å². The van der Waals surface area contributed by atoms with Gasteiger partial charge >= 0.3 is 5.97 Å². The molecule has 0 fully saturated rings. The Hall–Kier alpha value is -8.13. The molecule has 74 heavy (non-hydrogen) atoms. The zero-order valence-corrected chi connectivity index (χ0v) is 41.5. The Bertz CT molecular complexity index is 2500. The summed E-state index contributed by atoms with van der Waals surface area (Å²) < 4.78 is 0. The lowest BCUT2D eigenvalue weighted by Gasteiger charge is -2.29. The number of nitrogens with two attached hydrogens (primary N) is 4. The molecule has 0 aliphatic heterocycles. The Kier molecular flexibility index (Phi) is 23.4. The fourth-order valence-electron chi connectivity index (χ4n) is 7.56. The number of carboxylic acid groups (broad SMARTS) is 1. The SMILES string of the molecule is CC[C@H](C)[C@H](NC(=O)[C@H](CC(C)C)NC(=O)[C@H](Cc1c[nH]c2ccccc12)NC(=O)[C@H](CO)NC(=O)[C@H](Cc1ccc(O)cc1)NC(=O)[C@H](CCC(N)=O)NC(=O)[C@@H](N)CC(N)=O)C(=O)N[C@@H](CC(N)=O)C(=O)O. The largest absolute Gasteiger partial charge is 0.508 e. The molecule has 19 N–H and O–H groups in total. The van der Waals surface area contributed by atoms with Gasteiger partial charge < -0.3 is 80.5 Å². The number of primary amides is 3. The van der Waals surface area contributed by atoms with Gasteiger partial charge in [0.1, 0.15) is 48.0 Å². The van der Waals surface area contributed by atoms with Crippen molar-refractivity contribution in [2.75, 3.05) is 6.61 Å². The maximum Gasteiger partial charge on any atom is 0.326 e. The first-order valence-corrected chi connectivity index (χ1v) is 23.7.